The van der Waals surface area contributed by atoms with Crippen LogP contribution in [0, 0.1) is 0 Å². The van der Waals surface area contributed by atoms with Crippen molar-refractivity contribution in [2.45, 2.75) is 37.6 Å². The zero-order valence-corrected chi connectivity index (χ0v) is 13.7. The fourth-order valence-corrected chi connectivity index (χ4v) is 3.30. The summed E-state index contributed by atoms with van der Waals surface area (Å²) in [5.41, 5.74) is 1.63. The van der Waals surface area contributed by atoms with E-state index in [0.29, 0.717) is 12.6 Å². The van der Waals surface area contributed by atoms with E-state index in [1.165, 1.54) is 18.4 Å². The molecule has 5 heteroatoms. The van der Waals surface area contributed by atoms with Crippen LogP contribution in [0.15, 0.2) is 24.3 Å². The van der Waals surface area contributed by atoms with E-state index in [1.54, 1.807) is 4.90 Å². The molecule has 1 aliphatic carbocycles. The summed E-state index contributed by atoms with van der Waals surface area (Å²) in [7, 11) is 0. The number of ether oxygens (including phenoxy) is 1. The molecule has 1 atom stereocenters. The Morgan fingerprint density at radius 3 is 2.77 bits per heavy atom. The van der Waals surface area contributed by atoms with Crippen LogP contribution in [-0.4, -0.2) is 43.3 Å². The van der Waals surface area contributed by atoms with Crippen LogP contribution in [0.4, 0.5) is 4.79 Å². The first kappa shape index (κ1) is 15.6. The molecule has 0 aromatic heterocycles. The summed E-state index contributed by atoms with van der Waals surface area (Å²) in [5.74, 6) is 0. The maximum Gasteiger partial charge on any atom is 0.409 e. The lowest BCUT2D eigenvalue weighted by atomic mass is 9.95. The second-order valence-corrected chi connectivity index (χ2v) is 6.74. The van der Waals surface area contributed by atoms with Crippen LogP contribution in [0.5, 0.6) is 0 Å². The standard InChI is InChI=1S/C17H23ClN2O2/c1-2-22-16(21)20-10-7-15(11-20)19-12-17(8-9-17)13-3-5-14(18)6-4-13/h3-6,15,19H,2,7-12H2,1H3/t15-/m1/s1. The predicted octanol–water partition coefficient (Wildman–Crippen LogP) is 3.19. The monoisotopic (exact) mass is 322 g/mol. The zero-order valence-electron chi connectivity index (χ0n) is 13.0. The molecule has 22 heavy (non-hydrogen) atoms. The molecule has 1 saturated carbocycles. The van der Waals surface area contributed by atoms with E-state index in [1.807, 2.05) is 19.1 Å². The van der Waals surface area contributed by atoms with Gasteiger partial charge in [0.15, 0.2) is 0 Å². The summed E-state index contributed by atoms with van der Waals surface area (Å²) in [6.07, 6.45) is 3.24. The van der Waals surface area contributed by atoms with E-state index >= 15 is 0 Å². The average Bonchev–Trinajstić information content (AvgIpc) is 3.15. The van der Waals surface area contributed by atoms with Gasteiger partial charge in [-0.3, -0.25) is 0 Å². The summed E-state index contributed by atoms with van der Waals surface area (Å²) >= 11 is 5.97. The zero-order chi connectivity index (χ0) is 15.6. The van der Waals surface area contributed by atoms with Gasteiger partial charge >= 0.3 is 6.09 Å². The molecule has 0 unspecified atom stereocenters. The lowest BCUT2D eigenvalue weighted by molar-refractivity contribution is 0.115. The first-order valence-corrected chi connectivity index (χ1v) is 8.42. The van der Waals surface area contributed by atoms with Crippen molar-refractivity contribution >= 4 is 17.7 Å². The van der Waals surface area contributed by atoms with Crippen molar-refractivity contribution in [2.75, 3.05) is 26.2 Å². The SMILES string of the molecule is CCOC(=O)N1CC[C@@H](NCC2(c3ccc(Cl)cc3)CC2)C1. The third-order valence-electron chi connectivity index (χ3n) is 4.75. The molecule has 2 aliphatic rings. The molecule has 0 bridgehead atoms. The Kier molecular flexibility index (Phi) is 4.59. The molecule has 1 N–H and O–H groups in total. The number of halogens is 1. The van der Waals surface area contributed by atoms with Gasteiger partial charge in [-0.2, -0.15) is 0 Å². The average molecular weight is 323 g/mol. The normalized spacial score (nSPS) is 22.6. The predicted molar refractivity (Wildman–Crippen MR) is 87.4 cm³/mol. The molecule has 120 valence electrons. The number of amides is 1. The molecule has 1 aliphatic heterocycles. The van der Waals surface area contributed by atoms with Crippen molar-refractivity contribution in [1.29, 1.82) is 0 Å². The van der Waals surface area contributed by atoms with Crippen molar-refractivity contribution in [3.63, 3.8) is 0 Å². The number of hydrogen-bond acceptors (Lipinski definition) is 3. The van der Waals surface area contributed by atoms with Crippen molar-refractivity contribution in [3.8, 4) is 0 Å². The van der Waals surface area contributed by atoms with Gasteiger partial charge in [-0.1, -0.05) is 23.7 Å². The molecule has 4 nitrogen and oxygen atoms in total. The Morgan fingerprint density at radius 1 is 1.41 bits per heavy atom. The van der Waals surface area contributed by atoms with Crippen molar-refractivity contribution < 1.29 is 9.53 Å². The van der Waals surface area contributed by atoms with E-state index in [4.69, 9.17) is 16.3 Å². The Morgan fingerprint density at radius 2 is 2.14 bits per heavy atom. The number of rotatable bonds is 5. The minimum absolute atomic E-state index is 0.189. The van der Waals surface area contributed by atoms with Gasteiger partial charge in [-0.15, -0.1) is 0 Å². The van der Waals surface area contributed by atoms with Gasteiger partial charge < -0.3 is 15.0 Å². The number of benzene rings is 1. The van der Waals surface area contributed by atoms with Crippen LogP contribution in [0.2, 0.25) is 5.02 Å². The van der Waals surface area contributed by atoms with E-state index < -0.39 is 0 Å². The summed E-state index contributed by atoms with van der Waals surface area (Å²) < 4.78 is 5.06. The third-order valence-corrected chi connectivity index (χ3v) is 5.01. The van der Waals surface area contributed by atoms with Gasteiger partial charge in [0.05, 0.1) is 6.61 Å². The molecule has 1 saturated heterocycles. The van der Waals surface area contributed by atoms with Crippen LogP contribution < -0.4 is 5.32 Å². The summed E-state index contributed by atoms with van der Waals surface area (Å²) in [4.78, 5) is 13.5. The topological polar surface area (TPSA) is 41.6 Å². The number of likely N-dealkylation sites (tertiary alicyclic amines) is 1. The van der Waals surface area contributed by atoms with Crippen LogP contribution in [0.3, 0.4) is 0 Å². The highest BCUT2D eigenvalue weighted by molar-refractivity contribution is 6.30. The molecule has 1 heterocycles. The van der Waals surface area contributed by atoms with Gasteiger partial charge in [-0.25, -0.2) is 4.79 Å². The minimum Gasteiger partial charge on any atom is -0.450 e. The first-order valence-electron chi connectivity index (χ1n) is 8.04. The Labute approximate surface area is 136 Å². The Balaban J connectivity index is 1.51. The second-order valence-electron chi connectivity index (χ2n) is 6.30. The lowest BCUT2D eigenvalue weighted by Crippen LogP contribution is -2.39. The van der Waals surface area contributed by atoms with E-state index in [0.717, 1.165) is 31.1 Å². The van der Waals surface area contributed by atoms with Crippen LogP contribution >= 0.6 is 11.6 Å². The van der Waals surface area contributed by atoms with Crippen LogP contribution in [0.25, 0.3) is 0 Å². The molecule has 1 aromatic carbocycles. The van der Waals surface area contributed by atoms with Crippen LogP contribution in [0.1, 0.15) is 31.7 Å². The number of nitrogens with one attached hydrogen (secondary N) is 1. The van der Waals surface area contributed by atoms with Crippen molar-refractivity contribution in [1.82, 2.24) is 10.2 Å². The van der Waals surface area contributed by atoms with Gasteiger partial charge in [-0.05, 0) is 43.9 Å². The van der Waals surface area contributed by atoms with Gasteiger partial charge in [0.1, 0.15) is 0 Å². The summed E-state index contributed by atoms with van der Waals surface area (Å²) in [6.45, 7) is 4.77. The highest BCUT2D eigenvalue weighted by Gasteiger charge is 2.44. The summed E-state index contributed by atoms with van der Waals surface area (Å²) in [6, 6.07) is 8.58. The quantitative estimate of drug-likeness (QED) is 0.905. The first-order chi connectivity index (χ1) is 10.6. The minimum atomic E-state index is -0.189. The molecular weight excluding hydrogens is 300 g/mol. The fraction of sp³-hybridized carbons (Fsp3) is 0.588. The molecule has 1 amide bonds. The number of carbonyl (C=O) groups is 1. The molecule has 0 spiro atoms. The largest absolute Gasteiger partial charge is 0.450 e. The Bertz CT molecular complexity index is 528. The van der Waals surface area contributed by atoms with Gasteiger partial charge in [0, 0.05) is 36.1 Å². The maximum atomic E-state index is 11.7. The second kappa shape index (κ2) is 6.47. The Hall–Kier alpha value is -1.26. The van der Waals surface area contributed by atoms with E-state index in [-0.39, 0.29) is 11.5 Å². The smallest absolute Gasteiger partial charge is 0.409 e. The molecule has 0 radical (unpaired) electrons. The molecule has 2 fully saturated rings. The van der Waals surface area contributed by atoms with E-state index in [9.17, 15) is 4.79 Å². The number of nitrogens with zero attached hydrogens (tertiary/aromatic N) is 1. The highest BCUT2D eigenvalue weighted by atomic mass is 35.5. The van der Waals surface area contributed by atoms with E-state index in [2.05, 4.69) is 17.4 Å². The third kappa shape index (κ3) is 3.39. The van der Waals surface area contributed by atoms with Crippen molar-refractivity contribution in [3.05, 3.63) is 34.9 Å². The van der Waals surface area contributed by atoms with Gasteiger partial charge in [0.2, 0.25) is 0 Å². The molecule has 1 aromatic rings. The van der Waals surface area contributed by atoms with Crippen molar-refractivity contribution in [2.24, 2.45) is 0 Å². The molecule has 3 rings (SSSR count). The lowest BCUT2D eigenvalue weighted by Gasteiger charge is -2.21. The number of carbonyl (C=O) groups excluding carboxylic acids is 1. The number of hydrogen-bond donors (Lipinski definition) is 1. The highest BCUT2D eigenvalue weighted by Crippen LogP contribution is 2.47. The summed E-state index contributed by atoms with van der Waals surface area (Å²) in [5, 5.41) is 4.43. The maximum absolute atomic E-state index is 11.7. The fourth-order valence-electron chi connectivity index (χ4n) is 3.17. The van der Waals surface area contributed by atoms with Gasteiger partial charge in [0.25, 0.3) is 0 Å². The molecular formula is C17H23ClN2O2. The van der Waals surface area contributed by atoms with Crippen LogP contribution in [-0.2, 0) is 10.2 Å².